The Morgan fingerprint density at radius 2 is 1.79 bits per heavy atom. The highest BCUT2D eigenvalue weighted by Crippen LogP contribution is 2.26. The summed E-state index contributed by atoms with van der Waals surface area (Å²) >= 11 is 6.62. The molecule has 0 aliphatic heterocycles. The van der Waals surface area contributed by atoms with Gasteiger partial charge in [0.2, 0.25) is 5.91 Å². The first-order chi connectivity index (χ1) is 11.4. The first-order valence-electron chi connectivity index (χ1n) is 6.85. The Morgan fingerprint density at radius 1 is 1.04 bits per heavy atom. The Labute approximate surface area is 153 Å². The van der Waals surface area contributed by atoms with Crippen LogP contribution in [0.2, 0.25) is 0 Å². The van der Waals surface area contributed by atoms with E-state index < -0.39 is 17.5 Å². The highest BCUT2D eigenvalue weighted by Gasteiger charge is 2.13. The summed E-state index contributed by atoms with van der Waals surface area (Å²) in [7, 11) is 0. The van der Waals surface area contributed by atoms with E-state index in [9.17, 15) is 18.4 Å². The van der Waals surface area contributed by atoms with E-state index in [0.29, 0.717) is 11.8 Å². The van der Waals surface area contributed by atoms with Gasteiger partial charge in [0.25, 0.3) is 5.91 Å². The number of hydrogen-bond donors (Lipinski definition) is 2. The fourth-order valence-corrected chi connectivity index (χ4v) is 2.57. The SMILES string of the molecule is O=C(CCNC(=O)c1ccc(F)cc1F)Nc1cc(Br)ccc1Br. The van der Waals surface area contributed by atoms with Gasteiger partial charge in [0.1, 0.15) is 11.6 Å². The monoisotopic (exact) mass is 460 g/mol. The minimum absolute atomic E-state index is 0.00745. The van der Waals surface area contributed by atoms with Crippen molar-refractivity contribution in [2.75, 3.05) is 11.9 Å². The molecule has 126 valence electrons. The van der Waals surface area contributed by atoms with E-state index in [1.54, 1.807) is 12.1 Å². The Bertz CT molecular complexity index is 785. The average molecular weight is 462 g/mol. The number of hydrogen-bond acceptors (Lipinski definition) is 2. The van der Waals surface area contributed by atoms with Crippen molar-refractivity contribution in [3.8, 4) is 0 Å². The quantitative estimate of drug-likeness (QED) is 0.699. The molecule has 0 radical (unpaired) electrons. The summed E-state index contributed by atoms with van der Waals surface area (Å²) in [6.45, 7) is 0.0209. The Morgan fingerprint density at radius 3 is 2.50 bits per heavy atom. The number of benzene rings is 2. The molecule has 24 heavy (non-hydrogen) atoms. The van der Waals surface area contributed by atoms with Crippen molar-refractivity contribution in [3.63, 3.8) is 0 Å². The lowest BCUT2D eigenvalue weighted by Gasteiger charge is -2.09. The lowest BCUT2D eigenvalue weighted by Crippen LogP contribution is -2.28. The van der Waals surface area contributed by atoms with Gasteiger partial charge >= 0.3 is 0 Å². The van der Waals surface area contributed by atoms with Crippen molar-refractivity contribution in [1.29, 1.82) is 0 Å². The standard InChI is InChI=1S/C16H12Br2F2N2O2/c17-9-1-4-12(18)14(7-9)22-15(23)5-6-21-16(24)11-3-2-10(19)8-13(11)20/h1-4,7-8H,5-6H2,(H,21,24)(H,22,23). The molecule has 0 aliphatic rings. The van der Waals surface area contributed by atoms with Gasteiger partial charge in [0.15, 0.2) is 0 Å². The van der Waals surface area contributed by atoms with Gasteiger partial charge in [0, 0.05) is 28.0 Å². The summed E-state index contributed by atoms with van der Waals surface area (Å²) in [4.78, 5) is 23.7. The molecule has 0 atom stereocenters. The third-order valence-corrected chi connectivity index (χ3v) is 4.20. The lowest BCUT2D eigenvalue weighted by molar-refractivity contribution is -0.116. The third-order valence-electron chi connectivity index (χ3n) is 3.02. The first-order valence-corrected chi connectivity index (χ1v) is 8.43. The van der Waals surface area contributed by atoms with Gasteiger partial charge in [-0.25, -0.2) is 8.78 Å². The van der Waals surface area contributed by atoms with Crippen LogP contribution in [-0.2, 0) is 4.79 Å². The van der Waals surface area contributed by atoms with Crippen molar-refractivity contribution >= 4 is 49.4 Å². The largest absolute Gasteiger partial charge is 0.351 e. The molecule has 0 spiro atoms. The van der Waals surface area contributed by atoms with E-state index in [4.69, 9.17) is 0 Å². The molecule has 0 aromatic heterocycles. The molecule has 0 fully saturated rings. The maximum atomic E-state index is 13.5. The van der Waals surface area contributed by atoms with Crippen molar-refractivity contribution < 1.29 is 18.4 Å². The van der Waals surface area contributed by atoms with Crippen LogP contribution in [0, 0.1) is 11.6 Å². The fraction of sp³-hybridized carbons (Fsp3) is 0.125. The molecule has 2 N–H and O–H groups in total. The topological polar surface area (TPSA) is 58.2 Å². The van der Waals surface area contributed by atoms with Gasteiger partial charge < -0.3 is 10.6 Å². The van der Waals surface area contributed by atoms with Crippen molar-refractivity contribution in [3.05, 3.63) is 62.5 Å². The molecule has 0 bridgehead atoms. The molecule has 2 aromatic rings. The van der Waals surface area contributed by atoms with E-state index in [2.05, 4.69) is 42.5 Å². The van der Waals surface area contributed by atoms with Crippen LogP contribution in [0.3, 0.4) is 0 Å². The number of rotatable bonds is 5. The second-order valence-electron chi connectivity index (χ2n) is 4.80. The minimum atomic E-state index is -0.949. The fourth-order valence-electron chi connectivity index (χ4n) is 1.86. The van der Waals surface area contributed by atoms with Crippen LogP contribution in [-0.4, -0.2) is 18.4 Å². The Hall–Kier alpha value is -1.80. The van der Waals surface area contributed by atoms with Crippen LogP contribution >= 0.6 is 31.9 Å². The van der Waals surface area contributed by atoms with Crippen LogP contribution < -0.4 is 10.6 Å². The van der Waals surface area contributed by atoms with Crippen molar-refractivity contribution in [2.45, 2.75) is 6.42 Å². The summed E-state index contributed by atoms with van der Waals surface area (Å²) < 4.78 is 27.8. The van der Waals surface area contributed by atoms with Gasteiger partial charge in [-0.15, -0.1) is 0 Å². The van der Waals surface area contributed by atoms with E-state index in [1.807, 2.05) is 6.07 Å². The van der Waals surface area contributed by atoms with Gasteiger partial charge in [-0.05, 0) is 46.3 Å². The Kier molecular flexibility index (Phi) is 6.44. The van der Waals surface area contributed by atoms with Crippen LogP contribution in [0.1, 0.15) is 16.8 Å². The molecular weight excluding hydrogens is 450 g/mol. The van der Waals surface area contributed by atoms with E-state index in [-0.39, 0.29) is 24.4 Å². The highest BCUT2D eigenvalue weighted by molar-refractivity contribution is 9.11. The normalized spacial score (nSPS) is 10.3. The zero-order valence-corrected chi connectivity index (χ0v) is 15.4. The van der Waals surface area contributed by atoms with E-state index in [1.165, 1.54) is 0 Å². The summed E-state index contributed by atoms with van der Waals surface area (Å²) in [5.74, 6) is -2.73. The molecular formula is C16H12Br2F2N2O2. The molecule has 0 saturated carbocycles. The molecule has 0 aliphatic carbocycles. The summed E-state index contributed by atoms with van der Waals surface area (Å²) in [5, 5.41) is 5.11. The molecule has 2 rings (SSSR count). The third kappa shape index (κ3) is 5.10. The molecule has 0 heterocycles. The number of nitrogens with one attached hydrogen (secondary N) is 2. The maximum absolute atomic E-state index is 13.5. The van der Waals surface area contributed by atoms with Crippen LogP contribution in [0.15, 0.2) is 45.3 Å². The summed E-state index contributed by atoms with van der Waals surface area (Å²) in [6.07, 6.45) is 0.00745. The van der Waals surface area contributed by atoms with Crippen molar-refractivity contribution in [2.24, 2.45) is 0 Å². The summed E-state index contributed by atoms with van der Waals surface area (Å²) in [6, 6.07) is 8.00. The highest BCUT2D eigenvalue weighted by atomic mass is 79.9. The number of halogens is 4. The van der Waals surface area contributed by atoms with Gasteiger partial charge in [0.05, 0.1) is 11.3 Å². The second kappa shape index (κ2) is 8.34. The molecule has 2 aromatic carbocycles. The lowest BCUT2D eigenvalue weighted by atomic mass is 10.2. The van der Waals surface area contributed by atoms with Crippen LogP contribution in [0.25, 0.3) is 0 Å². The van der Waals surface area contributed by atoms with E-state index >= 15 is 0 Å². The molecule has 0 saturated heterocycles. The van der Waals surface area contributed by atoms with E-state index in [0.717, 1.165) is 21.1 Å². The van der Waals surface area contributed by atoms with Crippen LogP contribution in [0.4, 0.5) is 14.5 Å². The predicted octanol–water partition coefficient (Wildman–Crippen LogP) is 4.25. The van der Waals surface area contributed by atoms with Gasteiger partial charge in [-0.2, -0.15) is 0 Å². The number of carbonyl (C=O) groups excluding carboxylic acids is 2. The van der Waals surface area contributed by atoms with Gasteiger partial charge in [-0.1, -0.05) is 15.9 Å². The van der Waals surface area contributed by atoms with Gasteiger partial charge in [-0.3, -0.25) is 9.59 Å². The van der Waals surface area contributed by atoms with Crippen molar-refractivity contribution in [1.82, 2.24) is 5.32 Å². The molecule has 8 heteroatoms. The molecule has 4 nitrogen and oxygen atoms in total. The van der Waals surface area contributed by atoms with Crippen LogP contribution in [0.5, 0.6) is 0 Å². The predicted molar refractivity (Wildman–Crippen MR) is 93.8 cm³/mol. The second-order valence-corrected chi connectivity index (χ2v) is 6.57. The summed E-state index contributed by atoms with van der Waals surface area (Å²) in [5.41, 5.74) is 0.317. The molecule has 2 amide bonds. The minimum Gasteiger partial charge on any atom is -0.351 e. The number of anilines is 1. The average Bonchev–Trinajstić information content (AvgIpc) is 2.50. The molecule has 0 unspecified atom stereocenters. The zero-order chi connectivity index (χ0) is 17.7. The Balaban J connectivity index is 1.86. The first kappa shape index (κ1) is 18.5. The number of amides is 2. The smallest absolute Gasteiger partial charge is 0.254 e. The number of carbonyl (C=O) groups is 2. The zero-order valence-electron chi connectivity index (χ0n) is 12.2. The maximum Gasteiger partial charge on any atom is 0.254 e.